The van der Waals surface area contributed by atoms with Gasteiger partial charge < -0.3 is 14.4 Å². The minimum absolute atomic E-state index is 0.271. The van der Waals surface area contributed by atoms with Crippen molar-refractivity contribution in [2.24, 2.45) is 0 Å². The molecule has 0 aliphatic rings. The summed E-state index contributed by atoms with van der Waals surface area (Å²) in [5.41, 5.74) is 2.87. The van der Waals surface area contributed by atoms with Gasteiger partial charge in [-0.25, -0.2) is 4.79 Å². The fourth-order valence-corrected chi connectivity index (χ4v) is 2.78. The molecule has 0 saturated carbocycles. The van der Waals surface area contributed by atoms with E-state index in [1.165, 1.54) is 16.5 Å². The van der Waals surface area contributed by atoms with Crippen LogP contribution in [0.3, 0.4) is 0 Å². The largest absolute Gasteiger partial charge is 0.494 e. The Morgan fingerprint density at radius 3 is 2.62 bits per heavy atom. The minimum Gasteiger partial charge on any atom is -0.494 e. The number of benzene rings is 2. The minimum atomic E-state index is -0.924. The number of aromatic carboxylic acids is 1. The molecule has 0 amide bonds. The number of aryl methyl sites for hydroxylation is 2. The summed E-state index contributed by atoms with van der Waals surface area (Å²) >= 11 is 0. The number of carbonyl (C=O) groups is 1. The Balaban J connectivity index is 1.54. The van der Waals surface area contributed by atoms with Crippen molar-refractivity contribution in [3.8, 4) is 5.75 Å². The third-order valence-electron chi connectivity index (χ3n) is 4.16. The highest BCUT2D eigenvalue weighted by Gasteiger charge is 2.03. The highest BCUT2D eigenvalue weighted by molar-refractivity contribution is 5.87. The van der Waals surface area contributed by atoms with E-state index in [1.54, 1.807) is 24.3 Å². The van der Waals surface area contributed by atoms with Crippen LogP contribution in [0, 0.1) is 0 Å². The summed E-state index contributed by atoms with van der Waals surface area (Å²) in [6.45, 7) is 3.65. The van der Waals surface area contributed by atoms with E-state index in [-0.39, 0.29) is 5.56 Å². The van der Waals surface area contributed by atoms with Crippen molar-refractivity contribution in [2.75, 3.05) is 6.61 Å². The predicted octanol–water partition coefficient (Wildman–Crippen LogP) is 4.37. The van der Waals surface area contributed by atoms with Crippen LogP contribution in [0.1, 0.15) is 29.3 Å². The molecule has 0 atom stereocenters. The van der Waals surface area contributed by atoms with Crippen LogP contribution in [0.15, 0.2) is 54.7 Å². The number of nitrogens with zero attached hydrogens (tertiary/aromatic N) is 1. The maximum absolute atomic E-state index is 10.8. The van der Waals surface area contributed by atoms with Crippen LogP contribution in [0.5, 0.6) is 5.75 Å². The molecular formula is C20H21NO3. The van der Waals surface area contributed by atoms with Gasteiger partial charge in [-0.05, 0) is 66.3 Å². The van der Waals surface area contributed by atoms with Gasteiger partial charge in [0.05, 0.1) is 12.2 Å². The number of hydrogen-bond donors (Lipinski definition) is 1. The van der Waals surface area contributed by atoms with Crippen molar-refractivity contribution < 1.29 is 14.6 Å². The fourth-order valence-electron chi connectivity index (χ4n) is 2.78. The Bertz CT molecular complexity index is 834. The van der Waals surface area contributed by atoms with Gasteiger partial charge in [-0.3, -0.25) is 0 Å². The molecule has 3 aromatic rings. The topological polar surface area (TPSA) is 51.5 Å². The van der Waals surface area contributed by atoms with E-state index in [0.29, 0.717) is 12.4 Å². The first-order valence-electron chi connectivity index (χ1n) is 8.21. The number of fused-ring (bicyclic) bond motifs is 1. The molecule has 124 valence electrons. The highest BCUT2D eigenvalue weighted by Crippen LogP contribution is 2.19. The van der Waals surface area contributed by atoms with Gasteiger partial charge in [-0.2, -0.15) is 0 Å². The van der Waals surface area contributed by atoms with Crippen LogP contribution in [0.4, 0.5) is 0 Å². The standard InChI is InChI=1S/C20H21NO3/c1-2-15-4-9-19-17(14-15)10-12-21(19)11-3-13-24-18-7-5-16(6-8-18)20(22)23/h4-10,12,14H,2-3,11,13H2,1H3,(H,22,23). The smallest absolute Gasteiger partial charge is 0.335 e. The molecule has 4 heteroatoms. The molecular weight excluding hydrogens is 302 g/mol. The van der Waals surface area contributed by atoms with Crippen molar-refractivity contribution in [1.29, 1.82) is 0 Å². The second-order valence-electron chi connectivity index (χ2n) is 5.79. The molecule has 1 heterocycles. The molecule has 1 aromatic heterocycles. The lowest BCUT2D eigenvalue weighted by Gasteiger charge is -2.08. The summed E-state index contributed by atoms with van der Waals surface area (Å²) < 4.78 is 7.92. The molecule has 0 fully saturated rings. The van der Waals surface area contributed by atoms with Crippen LogP contribution >= 0.6 is 0 Å². The summed E-state index contributed by atoms with van der Waals surface area (Å²) in [7, 11) is 0. The van der Waals surface area contributed by atoms with Crippen molar-refractivity contribution >= 4 is 16.9 Å². The summed E-state index contributed by atoms with van der Waals surface area (Å²) in [6.07, 6.45) is 4.06. The molecule has 2 aromatic carbocycles. The highest BCUT2D eigenvalue weighted by atomic mass is 16.5. The first-order chi connectivity index (χ1) is 11.7. The van der Waals surface area contributed by atoms with Gasteiger partial charge in [-0.15, -0.1) is 0 Å². The first-order valence-corrected chi connectivity index (χ1v) is 8.21. The van der Waals surface area contributed by atoms with Crippen LogP contribution in [-0.4, -0.2) is 22.2 Å². The lowest BCUT2D eigenvalue weighted by Crippen LogP contribution is -2.04. The number of hydrogen-bond acceptors (Lipinski definition) is 2. The Morgan fingerprint density at radius 1 is 1.12 bits per heavy atom. The van der Waals surface area contributed by atoms with Crippen LogP contribution in [0.2, 0.25) is 0 Å². The summed E-state index contributed by atoms with van der Waals surface area (Å²) in [5, 5.41) is 10.1. The van der Waals surface area contributed by atoms with E-state index in [1.807, 2.05) is 0 Å². The molecule has 0 aliphatic heterocycles. The first kappa shape index (κ1) is 16.1. The number of carboxylic acids is 1. The zero-order chi connectivity index (χ0) is 16.9. The Kier molecular flexibility index (Phi) is 4.85. The molecule has 0 radical (unpaired) electrons. The Morgan fingerprint density at radius 2 is 1.92 bits per heavy atom. The molecule has 3 rings (SSSR count). The zero-order valence-corrected chi connectivity index (χ0v) is 13.7. The van der Waals surface area contributed by atoms with E-state index in [2.05, 4.69) is 42.0 Å². The maximum atomic E-state index is 10.8. The molecule has 1 N–H and O–H groups in total. The molecule has 0 spiro atoms. The number of ether oxygens (including phenoxy) is 1. The number of rotatable bonds is 7. The van der Waals surface area contributed by atoms with E-state index in [9.17, 15) is 4.79 Å². The zero-order valence-electron chi connectivity index (χ0n) is 13.7. The summed E-state index contributed by atoms with van der Waals surface area (Å²) in [6, 6.07) is 15.3. The van der Waals surface area contributed by atoms with Crippen molar-refractivity contribution in [3.05, 3.63) is 65.9 Å². The molecule has 0 bridgehead atoms. The van der Waals surface area contributed by atoms with E-state index >= 15 is 0 Å². The molecule has 0 unspecified atom stereocenters. The van der Waals surface area contributed by atoms with E-state index in [4.69, 9.17) is 9.84 Å². The second kappa shape index (κ2) is 7.21. The van der Waals surface area contributed by atoms with Crippen LogP contribution < -0.4 is 4.74 Å². The Labute approximate surface area is 141 Å². The van der Waals surface area contributed by atoms with E-state index in [0.717, 1.165) is 19.4 Å². The monoisotopic (exact) mass is 323 g/mol. The Hall–Kier alpha value is -2.75. The number of carboxylic acid groups (broad SMARTS) is 1. The molecule has 0 aliphatic carbocycles. The normalized spacial score (nSPS) is 10.9. The lowest BCUT2D eigenvalue weighted by molar-refractivity contribution is 0.0697. The van der Waals surface area contributed by atoms with Gasteiger partial charge in [0.25, 0.3) is 0 Å². The third kappa shape index (κ3) is 3.59. The van der Waals surface area contributed by atoms with Gasteiger partial charge in [0.2, 0.25) is 0 Å². The SMILES string of the molecule is CCc1ccc2c(ccn2CCCOc2ccc(C(=O)O)cc2)c1. The van der Waals surface area contributed by atoms with Crippen molar-refractivity contribution in [2.45, 2.75) is 26.3 Å². The van der Waals surface area contributed by atoms with E-state index < -0.39 is 5.97 Å². The van der Waals surface area contributed by atoms with Gasteiger partial charge in [-0.1, -0.05) is 13.0 Å². The average Bonchev–Trinajstić information content (AvgIpc) is 3.01. The van der Waals surface area contributed by atoms with Gasteiger partial charge in [0, 0.05) is 18.3 Å². The third-order valence-corrected chi connectivity index (χ3v) is 4.16. The summed E-state index contributed by atoms with van der Waals surface area (Å²) in [5.74, 6) is -0.225. The second-order valence-corrected chi connectivity index (χ2v) is 5.79. The van der Waals surface area contributed by atoms with Gasteiger partial charge in [0.15, 0.2) is 0 Å². The average molecular weight is 323 g/mol. The van der Waals surface area contributed by atoms with Gasteiger partial charge in [0.1, 0.15) is 5.75 Å². The van der Waals surface area contributed by atoms with Gasteiger partial charge >= 0.3 is 5.97 Å². The number of aromatic nitrogens is 1. The van der Waals surface area contributed by atoms with Crippen molar-refractivity contribution in [3.63, 3.8) is 0 Å². The summed E-state index contributed by atoms with van der Waals surface area (Å²) in [4.78, 5) is 10.8. The molecule has 4 nitrogen and oxygen atoms in total. The lowest BCUT2D eigenvalue weighted by atomic mass is 10.1. The van der Waals surface area contributed by atoms with Crippen molar-refractivity contribution in [1.82, 2.24) is 4.57 Å². The fraction of sp³-hybridized carbons (Fsp3) is 0.250. The quantitative estimate of drug-likeness (QED) is 0.657. The van der Waals surface area contributed by atoms with Crippen LogP contribution in [-0.2, 0) is 13.0 Å². The molecule has 24 heavy (non-hydrogen) atoms. The predicted molar refractivity (Wildman–Crippen MR) is 94.8 cm³/mol. The van der Waals surface area contributed by atoms with Crippen LogP contribution in [0.25, 0.3) is 10.9 Å². The molecule has 0 saturated heterocycles. The maximum Gasteiger partial charge on any atom is 0.335 e.